The number of rotatable bonds is 6. The molecule has 1 rings (SSSR count). The van der Waals surface area contributed by atoms with Crippen LogP contribution in [-0.2, 0) is 0 Å². The molecule has 0 spiro atoms. The zero-order chi connectivity index (χ0) is 11.1. The molecule has 1 aliphatic rings. The van der Waals surface area contributed by atoms with Crippen molar-refractivity contribution in [2.45, 2.75) is 71.3 Å². The van der Waals surface area contributed by atoms with Crippen molar-refractivity contribution in [3.63, 3.8) is 0 Å². The Hall–Kier alpha value is -0.0400. The lowest BCUT2D eigenvalue weighted by Crippen LogP contribution is -2.35. The Kier molecular flexibility index (Phi) is 6.31. The van der Waals surface area contributed by atoms with Crippen molar-refractivity contribution < 1.29 is 0 Å². The first-order valence-electron chi connectivity index (χ1n) is 6.95. The molecule has 0 aliphatic heterocycles. The third kappa shape index (κ3) is 4.55. The molecule has 1 heteroatoms. The molecule has 0 heterocycles. The molecule has 0 radical (unpaired) electrons. The van der Waals surface area contributed by atoms with Crippen LogP contribution in [0.3, 0.4) is 0 Å². The van der Waals surface area contributed by atoms with Crippen molar-refractivity contribution in [3.8, 4) is 0 Å². The van der Waals surface area contributed by atoms with Crippen molar-refractivity contribution in [3.05, 3.63) is 0 Å². The molecule has 1 fully saturated rings. The maximum Gasteiger partial charge on any atom is 0.00923 e. The lowest BCUT2D eigenvalue weighted by atomic mass is 9.78. The van der Waals surface area contributed by atoms with E-state index in [1.165, 1.54) is 51.4 Å². The van der Waals surface area contributed by atoms with Gasteiger partial charge in [0.05, 0.1) is 0 Å². The minimum absolute atomic E-state index is 0.795. The summed E-state index contributed by atoms with van der Waals surface area (Å²) in [6.07, 6.45) is 11.4. The van der Waals surface area contributed by atoms with Crippen LogP contribution in [0.5, 0.6) is 0 Å². The van der Waals surface area contributed by atoms with Crippen LogP contribution >= 0.6 is 0 Å². The molecule has 90 valence electrons. The molecule has 1 saturated carbocycles. The number of nitrogens with one attached hydrogen (secondary N) is 1. The van der Waals surface area contributed by atoms with E-state index in [2.05, 4.69) is 26.2 Å². The van der Waals surface area contributed by atoms with Crippen LogP contribution < -0.4 is 5.32 Å². The standard InChI is InChI=1S/C14H29N/c1-4-5-6-7-14(15-3)13-10-8-12(2)9-11-13/h12-15H,4-11H2,1-3H3. The van der Waals surface area contributed by atoms with Crippen LogP contribution in [0.15, 0.2) is 0 Å². The molecule has 0 amide bonds. The van der Waals surface area contributed by atoms with Gasteiger partial charge in [0, 0.05) is 6.04 Å². The van der Waals surface area contributed by atoms with Crippen LogP contribution in [0.25, 0.3) is 0 Å². The summed E-state index contributed by atoms with van der Waals surface area (Å²) in [6.45, 7) is 4.69. The van der Waals surface area contributed by atoms with Gasteiger partial charge in [0.1, 0.15) is 0 Å². The zero-order valence-electron chi connectivity index (χ0n) is 10.9. The fraction of sp³-hybridized carbons (Fsp3) is 1.00. The van der Waals surface area contributed by atoms with Gasteiger partial charge in [0.15, 0.2) is 0 Å². The fourth-order valence-corrected chi connectivity index (χ4v) is 2.92. The third-order valence-electron chi connectivity index (χ3n) is 4.12. The molecular formula is C14H29N. The first-order valence-corrected chi connectivity index (χ1v) is 6.95. The Balaban J connectivity index is 2.24. The average Bonchev–Trinajstić information content (AvgIpc) is 2.26. The molecule has 15 heavy (non-hydrogen) atoms. The summed E-state index contributed by atoms with van der Waals surface area (Å²) in [5.41, 5.74) is 0. The third-order valence-corrected chi connectivity index (χ3v) is 4.12. The fourth-order valence-electron chi connectivity index (χ4n) is 2.92. The van der Waals surface area contributed by atoms with Crippen molar-refractivity contribution >= 4 is 0 Å². The average molecular weight is 211 g/mol. The van der Waals surface area contributed by atoms with Crippen LogP contribution in [0.4, 0.5) is 0 Å². The van der Waals surface area contributed by atoms with Crippen molar-refractivity contribution in [1.29, 1.82) is 0 Å². The Bertz CT molecular complexity index is 147. The summed E-state index contributed by atoms with van der Waals surface area (Å²) >= 11 is 0. The quantitative estimate of drug-likeness (QED) is 0.655. The minimum atomic E-state index is 0.795. The summed E-state index contributed by atoms with van der Waals surface area (Å²) in [5, 5.41) is 3.55. The maximum atomic E-state index is 3.55. The normalized spacial score (nSPS) is 29.0. The van der Waals surface area contributed by atoms with Gasteiger partial charge in [0.25, 0.3) is 0 Å². The Morgan fingerprint density at radius 1 is 1.13 bits per heavy atom. The summed E-state index contributed by atoms with van der Waals surface area (Å²) in [4.78, 5) is 0. The van der Waals surface area contributed by atoms with Gasteiger partial charge < -0.3 is 5.32 Å². The zero-order valence-corrected chi connectivity index (χ0v) is 10.9. The SMILES string of the molecule is CCCCCC(NC)C1CCC(C)CC1. The molecule has 1 nitrogen and oxygen atoms in total. The van der Waals surface area contributed by atoms with Gasteiger partial charge in [-0.25, -0.2) is 0 Å². The second kappa shape index (κ2) is 7.27. The first-order chi connectivity index (χ1) is 7.27. The van der Waals surface area contributed by atoms with Crippen molar-refractivity contribution in [2.75, 3.05) is 7.05 Å². The summed E-state index contributed by atoms with van der Waals surface area (Å²) in [6, 6.07) is 0.795. The summed E-state index contributed by atoms with van der Waals surface area (Å²) < 4.78 is 0. The van der Waals surface area contributed by atoms with E-state index in [4.69, 9.17) is 0 Å². The van der Waals surface area contributed by atoms with Gasteiger partial charge in [-0.3, -0.25) is 0 Å². The van der Waals surface area contributed by atoms with Gasteiger partial charge in [-0.15, -0.1) is 0 Å². The summed E-state index contributed by atoms with van der Waals surface area (Å²) in [7, 11) is 2.15. The van der Waals surface area contributed by atoms with Gasteiger partial charge >= 0.3 is 0 Å². The van der Waals surface area contributed by atoms with E-state index in [1.54, 1.807) is 0 Å². The van der Waals surface area contributed by atoms with E-state index in [-0.39, 0.29) is 0 Å². The topological polar surface area (TPSA) is 12.0 Å². The van der Waals surface area contributed by atoms with Crippen molar-refractivity contribution in [1.82, 2.24) is 5.32 Å². The highest BCUT2D eigenvalue weighted by Gasteiger charge is 2.24. The Morgan fingerprint density at radius 3 is 2.33 bits per heavy atom. The molecule has 1 atom stereocenters. The highest BCUT2D eigenvalue weighted by molar-refractivity contribution is 4.80. The molecule has 0 aromatic heterocycles. The van der Waals surface area contributed by atoms with E-state index in [0.717, 1.165) is 17.9 Å². The number of hydrogen-bond donors (Lipinski definition) is 1. The van der Waals surface area contributed by atoms with E-state index in [1.807, 2.05) is 0 Å². The minimum Gasteiger partial charge on any atom is -0.317 e. The second-order valence-electron chi connectivity index (χ2n) is 5.41. The predicted octanol–water partition coefficient (Wildman–Crippen LogP) is 3.98. The number of unbranched alkanes of at least 4 members (excludes halogenated alkanes) is 2. The first kappa shape index (κ1) is 13.0. The molecule has 1 aliphatic carbocycles. The van der Waals surface area contributed by atoms with Crippen LogP contribution in [0, 0.1) is 11.8 Å². The van der Waals surface area contributed by atoms with E-state index in [9.17, 15) is 0 Å². The molecule has 1 N–H and O–H groups in total. The van der Waals surface area contributed by atoms with E-state index >= 15 is 0 Å². The molecule has 1 unspecified atom stereocenters. The summed E-state index contributed by atoms with van der Waals surface area (Å²) in [5.74, 6) is 1.94. The van der Waals surface area contributed by atoms with E-state index in [0.29, 0.717) is 0 Å². The molecule has 0 saturated heterocycles. The lowest BCUT2D eigenvalue weighted by molar-refractivity contribution is 0.226. The maximum absolute atomic E-state index is 3.55. The van der Waals surface area contributed by atoms with Gasteiger partial charge in [-0.1, -0.05) is 46.0 Å². The molecule has 0 aromatic carbocycles. The van der Waals surface area contributed by atoms with Gasteiger partial charge in [-0.2, -0.15) is 0 Å². The smallest absolute Gasteiger partial charge is 0.00923 e. The monoisotopic (exact) mass is 211 g/mol. The molecular weight excluding hydrogens is 182 g/mol. The van der Waals surface area contributed by atoms with Crippen LogP contribution in [0.1, 0.15) is 65.2 Å². The Labute approximate surface area is 96.0 Å². The number of hydrogen-bond acceptors (Lipinski definition) is 1. The van der Waals surface area contributed by atoms with Gasteiger partial charge in [0.2, 0.25) is 0 Å². The highest BCUT2D eigenvalue weighted by Crippen LogP contribution is 2.31. The predicted molar refractivity (Wildman–Crippen MR) is 68.1 cm³/mol. The Morgan fingerprint density at radius 2 is 1.80 bits per heavy atom. The van der Waals surface area contributed by atoms with Crippen LogP contribution in [-0.4, -0.2) is 13.1 Å². The lowest BCUT2D eigenvalue weighted by Gasteiger charge is -2.32. The molecule has 0 aromatic rings. The highest BCUT2D eigenvalue weighted by atomic mass is 14.9. The molecule has 0 bridgehead atoms. The van der Waals surface area contributed by atoms with Gasteiger partial charge in [-0.05, 0) is 38.1 Å². The largest absolute Gasteiger partial charge is 0.317 e. The van der Waals surface area contributed by atoms with Crippen molar-refractivity contribution in [2.24, 2.45) is 11.8 Å². The van der Waals surface area contributed by atoms with E-state index < -0.39 is 0 Å². The second-order valence-corrected chi connectivity index (χ2v) is 5.41. The van der Waals surface area contributed by atoms with Crippen LogP contribution in [0.2, 0.25) is 0 Å².